The van der Waals surface area contributed by atoms with Gasteiger partial charge in [0.15, 0.2) is 0 Å². The summed E-state index contributed by atoms with van der Waals surface area (Å²) in [5.74, 6) is -4.43. The number of aromatic hydroxyl groups is 1. The maximum atomic E-state index is 12.4. The highest BCUT2D eigenvalue weighted by atomic mass is 16.4. The summed E-state index contributed by atoms with van der Waals surface area (Å²) in [4.78, 5) is 47.4. The second-order valence-electron chi connectivity index (χ2n) is 5.79. The summed E-state index contributed by atoms with van der Waals surface area (Å²) in [5, 5.41) is 32.8. The molecule has 0 spiro atoms. The zero-order valence-corrected chi connectivity index (χ0v) is 14.8. The fraction of sp³-hybridized carbons (Fsp3) is 0.158. The van der Waals surface area contributed by atoms with Crippen molar-refractivity contribution in [3.05, 3.63) is 64.7 Å². The molecule has 2 aromatic carbocycles. The molecule has 146 valence electrons. The largest absolute Gasteiger partial charge is 0.508 e. The van der Waals surface area contributed by atoms with Gasteiger partial charge in [-0.3, -0.25) is 9.59 Å². The van der Waals surface area contributed by atoms with Gasteiger partial charge in [-0.1, -0.05) is 19.1 Å². The molecule has 2 amide bonds. The molecule has 5 N–H and O–H groups in total. The van der Waals surface area contributed by atoms with Crippen molar-refractivity contribution in [1.29, 1.82) is 0 Å². The minimum Gasteiger partial charge on any atom is -0.508 e. The van der Waals surface area contributed by atoms with Crippen LogP contribution in [0.4, 0.5) is 0 Å². The fourth-order valence-electron chi connectivity index (χ4n) is 2.49. The lowest BCUT2D eigenvalue weighted by atomic mass is 10.1. The molecule has 0 aliphatic rings. The van der Waals surface area contributed by atoms with Gasteiger partial charge in [0.1, 0.15) is 11.9 Å². The summed E-state index contributed by atoms with van der Waals surface area (Å²) in [6.45, 7) is 1.67. The first-order valence-corrected chi connectivity index (χ1v) is 8.25. The smallest absolute Gasteiger partial charge is 0.336 e. The Morgan fingerprint density at radius 2 is 1.32 bits per heavy atom. The molecular formula is C19H18N2O7. The van der Waals surface area contributed by atoms with Crippen molar-refractivity contribution < 1.29 is 34.5 Å². The van der Waals surface area contributed by atoms with Gasteiger partial charge in [-0.15, -0.1) is 0 Å². The first-order chi connectivity index (χ1) is 13.2. The van der Waals surface area contributed by atoms with Crippen LogP contribution in [0.3, 0.4) is 0 Å². The average molecular weight is 386 g/mol. The Labute approximate surface area is 159 Å². The van der Waals surface area contributed by atoms with Crippen molar-refractivity contribution in [2.24, 2.45) is 0 Å². The quantitative estimate of drug-likeness (QED) is 0.454. The van der Waals surface area contributed by atoms with E-state index in [1.807, 2.05) is 0 Å². The Hall–Kier alpha value is -3.88. The van der Waals surface area contributed by atoms with Crippen LogP contribution in [0.1, 0.15) is 54.8 Å². The topological polar surface area (TPSA) is 153 Å². The van der Waals surface area contributed by atoms with E-state index in [4.69, 9.17) is 0 Å². The number of aromatic carboxylic acids is 2. The Balaban J connectivity index is 2.19. The number of benzene rings is 2. The van der Waals surface area contributed by atoms with Crippen LogP contribution in [-0.4, -0.2) is 45.2 Å². The summed E-state index contributed by atoms with van der Waals surface area (Å²) < 4.78 is 0. The summed E-state index contributed by atoms with van der Waals surface area (Å²) in [7, 11) is 0. The molecule has 0 bridgehead atoms. The highest BCUT2D eigenvalue weighted by molar-refractivity contribution is 6.06. The van der Waals surface area contributed by atoms with Crippen LogP contribution in [0.15, 0.2) is 42.5 Å². The molecule has 0 saturated carbocycles. The minimum atomic E-state index is -1.39. The maximum absolute atomic E-state index is 12.4. The first-order valence-electron chi connectivity index (χ1n) is 8.25. The van der Waals surface area contributed by atoms with E-state index in [0.29, 0.717) is 0 Å². The number of phenols is 1. The minimum absolute atomic E-state index is 0.0708. The van der Waals surface area contributed by atoms with Gasteiger partial charge in [0.25, 0.3) is 11.8 Å². The van der Waals surface area contributed by atoms with Crippen molar-refractivity contribution in [2.75, 3.05) is 0 Å². The van der Waals surface area contributed by atoms with E-state index in [1.165, 1.54) is 30.3 Å². The van der Waals surface area contributed by atoms with Crippen LogP contribution in [0.25, 0.3) is 0 Å². The SMILES string of the molecule is CCC(NC(=O)c1ccccc1C(=O)O)NC(=O)c1ccc(O)cc1C(=O)O. The molecule has 9 nitrogen and oxygen atoms in total. The van der Waals surface area contributed by atoms with Gasteiger partial charge in [0, 0.05) is 0 Å². The van der Waals surface area contributed by atoms with E-state index in [9.17, 15) is 34.5 Å². The standard InChI is InChI=1S/C19H18N2O7/c1-2-15(20-16(23)11-5-3-4-6-13(11)18(25)26)21-17(24)12-8-7-10(22)9-14(12)19(27)28/h3-9,15,22H,2H2,1H3,(H,20,23)(H,21,24)(H,25,26)(H,27,28). The average Bonchev–Trinajstić information content (AvgIpc) is 2.66. The van der Waals surface area contributed by atoms with Crippen LogP contribution in [-0.2, 0) is 0 Å². The summed E-state index contributed by atoms with van der Waals surface area (Å²) in [5.41, 5.74) is -0.842. The Morgan fingerprint density at radius 1 is 0.821 bits per heavy atom. The number of carbonyl (C=O) groups excluding carboxylic acids is 2. The zero-order valence-electron chi connectivity index (χ0n) is 14.8. The second-order valence-corrected chi connectivity index (χ2v) is 5.79. The first kappa shape index (κ1) is 20.4. The number of carbonyl (C=O) groups is 4. The monoisotopic (exact) mass is 386 g/mol. The number of amides is 2. The maximum Gasteiger partial charge on any atom is 0.336 e. The van der Waals surface area contributed by atoms with E-state index < -0.39 is 35.5 Å². The number of phenolic OH excluding ortho intramolecular Hbond substituents is 1. The molecule has 0 aliphatic carbocycles. The third-order valence-corrected chi connectivity index (χ3v) is 3.90. The molecule has 0 saturated heterocycles. The molecule has 1 unspecified atom stereocenters. The van der Waals surface area contributed by atoms with Gasteiger partial charge in [-0.25, -0.2) is 9.59 Å². The van der Waals surface area contributed by atoms with Gasteiger partial charge in [0.05, 0.1) is 22.3 Å². The number of carboxylic acid groups (broad SMARTS) is 2. The van der Waals surface area contributed by atoms with E-state index in [2.05, 4.69) is 10.6 Å². The van der Waals surface area contributed by atoms with Gasteiger partial charge >= 0.3 is 11.9 Å². The molecule has 9 heteroatoms. The number of rotatable bonds is 7. The van der Waals surface area contributed by atoms with Crippen LogP contribution in [0.2, 0.25) is 0 Å². The molecule has 1 atom stereocenters. The summed E-state index contributed by atoms with van der Waals surface area (Å²) in [6.07, 6.45) is -0.620. The molecule has 0 fully saturated rings. The van der Waals surface area contributed by atoms with E-state index in [1.54, 1.807) is 6.92 Å². The molecule has 2 aromatic rings. The van der Waals surface area contributed by atoms with Crippen molar-refractivity contribution in [3.63, 3.8) is 0 Å². The van der Waals surface area contributed by atoms with E-state index in [-0.39, 0.29) is 28.9 Å². The predicted octanol–water partition coefficient (Wildman–Crippen LogP) is 1.68. The second kappa shape index (κ2) is 8.67. The van der Waals surface area contributed by atoms with Crippen LogP contribution in [0, 0.1) is 0 Å². The van der Waals surface area contributed by atoms with Gasteiger partial charge in [-0.05, 0) is 36.8 Å². The fourth-order valence-corrected chi connectivity index (χ4v) is 2.49. The highest BCUT2D eigenvalue weighted by Crippen LogP contribution is 2.17. The third-order valence-electron chi connectivity index (χ3n) is 3.90. The van der Waals surface area contributed by atoms with E-state index >= 15 is 0 Å². The van der Waals surface area contributed by atoms with Gasteiger partial charge in [0.2, 0.25) is 0 Å². The van der Waals surface area contributed by atoms with Gasteiger partial charge in [-0.2, -0.15) is 0 Å². The zero-order chi connectivity index (χ0) is 20.8. The lowest BCUT2D eigenvalue weighted by Crippen LogP contribution is -2.48. The number of hydrogen-bond donors (Lipinski definition) is 5. The summed E-state index contributed by atoms with van der Waals surface area (Å²) >= 11 is 0. The Bertz CT molecular complexity index is 940. The molecule has 2 rings (SSSR count). The van der Waals surface area contributed by atoms with Crippen molar-refractivity contribution in [2.45, 2.75) is 19.5 Å². The molecule has 28 heavy (non-hydrogen) atoms. The number of nitrogens with one attached hydrogen (secondary N) is 2. The number of hydrogen-bond acceptors (Lipinski definition) is 5. The van der Waals surface area contributed by atoms with Crippen molar-refractivity contribution >= 4 is 23.8 Å². The predicted molar refractivity (Wildman–Crippen MR) is 97.5 cm³/mol. The molecule has 0 radical (unpaired) electrons. The molecule has 0 aliphatic heterocycles. The Morgan fingerprint density at radius 3 is 1.82 bits per heavy atom. The normalized spacial score (nSPS) is 11.3. The highest BCUT2D eigenvalue weighted by Gasteiger charge is 2.22. The number of carboxylic acids is 2. The summed E-state index contributed by atoms with van der Waals surface area (Å²) in [6, 6.07) is 8.89. The molecular weight excluding hydrogens is 368 g/mol. The lowest BCUT2D eigenvalue weighted by Gasteiger charge is -2.20. The molecule has 0 aromatic heterocycles. The molecule has 0 heterocycles. The van der Waals surface area contributed by atoms with Crippen molar-refractivity contribution in [3.8, 4) is 5.75 Å². The van der Waals surface area contributed by atoms with Crippen molar-refractivity contribution in [1.82, 2.24) is 10.6 Å². The van der Waals surface area contributed by atoms with E-state index in [0.717, 1.165) is 12.1 Å². The van der Waals surface area contributed by atoms with Gasteiger partial charge < -0.3 is 26.0 Å². The van der Waals surface area contributed by atoms with Crippen LogP contribution >= 0.6 is 0 Å². The van der Waals surface area contributed by atoms with Crippen LogP contribution < -0.4 is 10.6 Å². The lowest BCUT2D eigenvalue weighted by molar-refractivity contribution is 0.0683. The van der Waals surface area contributed by atoms with Crippen LogP contribution in [0.5, 0.6) is 5.75 Å². The Kier molecular flexibility index (Phi) is 6.33. The third kappa shape index (κ3) is 4.64.